The number of rotatable bonds is 0. The number of benzene rings is 3. The minimum Gasteiger partial charge on any atom is -0.506 e. The fraction of sp³-hybridized carbons (Fsp3) is 0.0556. The summed E-state index contributed by atoms with van der Waals surface area (Å²) in [6.45, 7) is 1.91. The van der Waals surface area contributed by atoms with Gasteiger partial charge in [-0.25, -0.2) is 0 Å². The predicted octanol–water partition coefficient (Wildman–Crippen LogP) is 4.37. The lowest BCUT2D eigenvalue weighted by Gasteiger charge is -2.11. The molecule has 0 bridgehead atoms. The molecule has 0 amide bonds. The number of nitrogens with zero attached hydrogens (tertiary/aromatic N) is 1. The van der Waals surface area contributed by atoms with Crippen LogP contribution in [0.15, 0.2) is 42.5 Å². The van der Waals surface area contributed by atoms with Crippen LogP contribution >= 0.6 is 0 Å². The van der Waals surface area contributed by atoms with E-state index in [1.807, 2.05) is 31.2 Å². The second kappa shape index (κ2) is 3.61. The van der Waals surface area contributed by atoms with Crippen LogP contribution < -0.4 is 0 Å². The second-order valence-corrected chi connectivity index (χ2v) is 5.11. The average molecular weight is 257 g/mol. The fourth-order valence-electron chi connectivity index (χ4n) is 3.28. The predicted molar refractivity (Wildman–Crippen MR) is 79.5 cm³/mol. The van der Waals surface area contributed by atoms with Crippen LogP contribution in [0.2, 0.25) is 0 Å². The molecular weight excluding hydrogens is 246 g/mol. The van der Waals surface area contributed by atoms with E-state index in [9.17, 15) is 10.4 Å². The normalized spacial score (nSPS) is 11.4. The number of hydrogen-bond donors (Lipinski definition) is 1. The van der Waals surface area contributed by atoms with Crippen molar-refractivity contribution in [2.24, 2.45) is 0 Å². The molecule has 0 fully saturated rings. The summed E-state index contributed by atoms with van der Waals surface area (Å²) in [5.41, 5.74) is 5.77. The standard InChI is InChI=1S/C18H11NO/c1-10-15(9-19)18(20)14-8-4-7-13-11-5-2-3-6-12(11)16(10)17(13)14/h2-8,20H,1H3. The van der Waals surface area contributed by atoms with Gasteiger partial charge in [0.05, 0.1) is 5.56 Å². The molecule has 1 aliphatic carbocycles. The number of phenols is 1. The zero-order valence-corrected chi connectivity index (χ0v) is 10.9. The molecule has 0 radical (unpaired) electrons. The zero-order valence-electron chi connectivity index (χ0n) is 10.9. The Labute approximate surface area is 116 Å². The van der Waals surface area contributed by atoms with Gasteiger partial charge in [-0.1, -0.05) is 42.5 Å². The van der Waals surface area contributed by atoms with Crippen molar-refractivity contribution < 1.29 is 5.11 Å². The third-order valence-electron chi connectivity index (χ3n) is 4.15. The third-order valence-corrected chi connectivity index (χ3v) is 4.15. The molecular formula is C18H11NO. The molecule has 0 aliphatic heterocycles. The molecule has 3 aromatic carbocycles. The Morgan fingerprint density at radius 2 is 1.65 bits per heavy atom. The van der Waals surface area contributed by atoms with E-state index in [0.717, 1.165) is 33.0 Å². The first-order chi connectivity index (χ1) is 9.74. The zero-order chi connectivity index (χ0) is 13.9. The van der Waals surface area contributed by atoms with Crippen molar-refractivity contribution >= 4 is 10.8 Å². The molecule has 0 saturated carbocycles. The molecule has 0 aromatic heterocycles. The van der Waals surface area contributed by atoms with Gasteiger partial charge in [-0.15, -0.1) is 0 Å². The topological polar surface area (TPSA) is 44.0 Å². The summed E-state index contributed by atoms with van der Waals surface area (Å²) in [6, 6.07) is 16.2. The summed E-state index contributed by atoms with van der Waals surface area (Å²) in [7, 11) is 0. The summed E-state index contributed by atoms with van der Waals surface area (Å²) in [5, 5.41) is 21.5. The molecule has 0 heterocycles. The van der Waals surface area contributed by atoms with Crippen LogP contribution in [0.4, 0.5) is 0 Å². The quantitative estimate of drug-likeness (QED) is 0.508. The third kappa shape index (κ3) is 1.13. The van der Waals surface area contributed by atoms with E-state index in [2.05, 4.69) is 24.3 Å². The van der Waals surface area contributed by atoms with Gasteiger partial charge >= 0.3 is 0 Å². The summed E-state index contributed by atoms with van der Waals surface area (Å²) in [4.78, 5) is 0. The van der Waals surface area contributed by atoms with E-state index in [4.69, 9.17) is 0 Å². The number of hydrogen-bond acceptors (Lipinski definition) is 2. The minimum atomic E-state index is 0.0957. The maximum Gasteiger partial charge on any atom is 0.141 e. The van der Waals surface area contributed by atoms with Gasteiger partial charge in [0, 0.05) is 10.8 Å². The molecule has 0 atom stereocenters. The van der Waals surface area contributed by atoms with Crippen LogP contribution in [0.25, 0.3) is 33.0 Å². The molecule has 20 heavy (non-hydrogen) atoms. The Morgan fingerprint density at radius 1 is 0.950 bits per heavy atom. The highest BCUT2D eigenvalue weighted by molar-refractivity contribution is 6.18. The van der Waals surface area contributed by atoms with E-state index < -0.39 is 0 Å². The highest BCUT2D eigenvalue weighted by Crippen LogP contribution is 2.51. The van der Waals surface area contributed by atoms with Crippen molar-refractivity contribution in [2.75, 3.05) is 0 Å². The van der Waals surface area contributed by atoms with E-state index in [-0.39, 0.29) is 5.75 Å². The molecule has 0 saturated heterocycles. The SMILES string of the molecule is Cc1c(C#N)c(O)c2cccc3c2c1-c1ccccc1-3. The lowest BCUT2D eigenvalue weighted by molar-refractivity contribution is 0.479. The monoisotopic (exact) mass is 257 g/mol. The lowest BCUT2D eigenvalue weighted by Crippen LogP contribution is -1.89. The Morgan fingerprint density at radius 3 is 2.40 bits per heavy atom. The number of nitriles is 1. The maximum absolute atomic E-state index is 10.4. The van der Waals surface area contributed by atoms with Crippen molar-refractivity contribution in [1.82, 2.24) is 0 Å². The van der Waals surface area contributed by atoms with Gasteiger partial charge in [-0.2, -0.15) is 5.26 Å². The molecule has 1 N–H and O–H groups in total. The largest absolute Gasteiger partial charge is 0.506 e. The maximum atomic E-state index is 10.4. The van der Waals surface area contributed by atoms with E-state index in [1.165, 1.54) is 5.56 Å². The van der Waals surface area contributed by atoms with E-state index in [1.54, 1.807) is 0 Å². The van der Waals surface area contributed by atoms with Crippen LogP contribution in [0.1, 0.15) is 11.1 Å². The highest BCUT2D eigenvalue weighted by atomic mass is 16.3. The second-order valence-electron chi connectivity index (χ2n) is 5.11. The van der Waals surface area contributed by atoms with Crippen LogP contribution in [-0.4, -0.2) is 5.11 Å². The molecule has 4 rings (SSSR count). The first-order valence-electron chi connectivity index (χ1n) is 6.52. The number of fused-ring (bicyclic) bond motifs is 3. The van der Waals surface area contributed by atoms with Crippen molar-refractivity contribution in [3.8, 4) is 34.1 Å². The summed E-state index contributed by atoms with van der Waals surface area (Å²) >= 11 is 0. The Hall–Kier alpha value is -2.79. The first kappa shape index (κ1) is 11.1. The lowest BCUT2D eigenvalue weighted by atomic mass is 9.93. The van der Waals surface area contributed by atoms with Gasteiger partial charge in [0.2, 0.25) is 0 Å². The van der Waals surface area contributed by atoms with Gasteiger partial charge in [0.25, 0.3) is 0 Å². The van der Waals surface area contributed by atoms with Crippen molar-refractivity contribution in [2.45, 2.75) is 6.92 Å². The van der Waals surface area contributed by atoms with Gasteiger partial charge < -0.3 is 5.11 Å². The summed E-state index contributed by atoms with van der Waals surface area (Å²) in [5.74, 6) is 0.0957. The molecule has 0 unspecified atom stereocenters. The Bertz CT molecular complexity index is 932. The van der Waals surface area contributed by atoms with Gasteiger partial charge in [-0.3, -0.25) is 0 Å². The van der Waals surface area contributed by atoms with Gasteiger partial charge in [-0.05, 0) is 34.7 Å². The van der Waals surface area contributed by atoms with Crippen molar-refractivity contribution in [3.63, 3.8) is 0 Å². The van der Waals surface area contributed by atoms with E-state index in [0.29, 0.717) is 5.56 Å². The highest BCUT2D eigenvalue weighted by Gasteiger charge is 2.26. The van der Waals surface area contributed by atoms with Gasteiger partial charge in [0.15, 0.2) is 0 Å². The van der Waals surface area contributed by atoms with Crippen LogP contribution in [-0.2, 0) is 0 Å². The van der Waals surface area contributed by atoms with Crippen LogP contribution in [0.5, 0.6) is 5.75 Å². The molecule has 2 nitrogen and oxygen atoms in total. The molecule has 0 spiro atoms. The molecule has 94 valence electrons. The first-order valence-corrected chi connectivity index (χ1v) is 6.52. The Kier molecular flexibility index (Phi) is 2.00. The number of phenolic OH excluding ortho intramolecular Hbond substituents is 1. The molecule has 3 aromatic rings. The van der Waals surface area contributed by atoms with Crippen LogP contribution in [0.3, 0.4) is 0 Å². The number of aromatic hydroxyl groups is 1. The minimum absolute atomic E-state index is 0.0957. The van der Waals surface area contributed by atoms with Gasteiger partial charge in [0.1, 0.15) is 11.8 Å². The summed E-state index contributed by atoms with van der Waals surface area (Å²) in [6.07, 6.45) is 0. The molecule has 1 aliphatic rings. The smallest absolute Gasteiger partial charge is 0.141 e. The Balaban J connectivity index is 2.34. The fourth-order valence-corrected chi connectivity index (χ4v) is 3.28. The van der Waals surface area contributed by atoms with E-state index >= 15 is 0 Å². The van der Waals surface area contributed by atoms with Crippen LogP contribution in [0, 0.1) is 18.3 Å². The molecule has 2 heteroatoms. The summed E-state index contributed by atoms with van der Waals surface area (Å²) < 4.78 is 0. The average Bonchev–Trinajstić information content (AvgIpc) is 2.81. The van der Waals surface area contributed by atoms with Crippen molar-refractivity contribution in [3.05, 3.63) is 53.6 Å². The van der Waals surface area contributed by atoms with Crippen molar-refractivity contribution in [1.29, 1.82) is 5.26 Å².